The van der Waals surface area contributed by atoms with Gasteiger partial charge in [-0.3, -0.25) is 0 Å². The SMILES string of the molecule is CC1(C)c2ccc(-c3ccc4c(c3)c3cc5ccc6c(c5cc3n4-c3ccccc3)C(C)(C)c3ccccc3-6)cc2-c2ccc3cc4c5ccccc5n(-c5ccccc5)c4cc3c21. The van der Waals surface area contributed by atoms with Gasteiger partial charge in [-0.1, -0.05) is 149 Å². The summed E-state index contributed by atoms with van der Waals surface area (Å²) in [7, 11) is 0. The maximum absolute atomic E-state index is 2.48. The zero-order valence-corrected chi connectivity index (χ0v) is 36.4. The van der Waals surface area contributed by atoms with Crippen molar-refractivity contribution in [2.75, 3.05) is 0 Å². The molecule has 0 unspecified atom stereocenters. The van der Waals surface area contributed by atoms with Crippen LogP contribution in [-0.2, 0) is 10.8 Å². The molecular weight excluding hydrogens is 773 g/mol. The molecular formula is C62H44N2. The van der Waals surface area contributed by atoms with E-state index in [9.17, 15) is 0 Å². The number of benzene rings is 10. The lowest BCUT2D eigenvalue weighted by Gasteiger charge is -2.23. The van der Waals surface area contributed by atoms with E-state index in [0.29, 0.717) is 0 Å². The highest BCUT2D eigenvalue weighted by molar-refractivity contribution is 6.17. The molecule has 0 radical (unpaired) electrons. The van der Waals surface area contributed by atoms with E-state index < -0.39 is 0 Å². The number of hydrogen-bond acceptors (Lipinski definition) is 0. The minimum Gasteiger partial charge on any atom is -0.309 e. The summed E-state index contributed by atoms with van der Waals surface area (Å²) >= 11 is 0. The van der Waals surface area contributed by atoms with Gasteiger partial charge in [-0.25, -0.2) is 0 Å². The molecule has 0 spiro atoms. The van der Waals surface area contributed by atoms with Crippen molar-refractivity contribution < 1.29 is 0 Å². The van der Waals surface area contributed by atoms with Gasteiger partial charge in [-0.05, 0) is 150 Å². The van der Waals surface area contributed by atoms with Crippen molar-refractivity contribution in [3.8, 4) is 44.8 Å². The Kier molecular flexibility index (Phi) is 7.00. The summed E-state index contributed by atoms with van der Waals surface area (Å²) < 4.78 is 4.92. The summed E-state index contributed by atoms with van der Waals surface area (Å²) in [6, 6.07) is 73.1. The largest absolute Gasteiger partial charge is 0.309 e. The molecule has 302 valence electrons. The highest BCUT2D eigenvalue weighted by atomic mass is 15.0. The Morgan fingerprint density at radius 3 is 1.44 bits per heavy atom. The van der Waals surface area contributed by atoms with E-state index in [1.807, 2.05) is 0 Å². The van der Waals surface area contributed by atoms with Gasteiger partial charge in [0.1, 0.15) is 0 Å². The molecule has 2 heteroatoms. The van der Waals surface area contributed by atoms with Gasteiger partial charge in [0.25, 0.3) is 0 Å². The molecule has 12 aromatic rings. The molecule has 0 fully saturated rings. The number of hydrogen-bond donors (Lipinski definition) is 0. The van der Waals surface area contributed by atoms with Crippen LogP contribution in [0, 0.1) is 0 Å². The number of rotatable bonds is 3. The van der Waals surface area contributed by atoms with Crippen LogP contribution in [0.15, 0.2) is 194 Å². The zero-order valence-electron chi connectivity index (χ0n) is 36.4. The summed E-state index contributed by atoms with van der Waals surface area (Å²) in [5.74, 6) is 0. The first-order valence-electron chi connectivity index (χ1n) is 22.7. The molecule has 0 N–H and O–H groups in total. The predicted molar refractivity (Wildman–Crippen MR) is 271 cm³/mol. The van der Waals surface area contributed by atoms with Crippen molar-refractivity contribution in [3.63, 3.8) is 0 Å². The lowest BCUT2D eigenvalue weighted by atomic mass is 9.80. The number of aromatic nitrogens is 2. The normalized spacial score (nSPS) is 14.5. The minimum absolute atomic E-state index is 0.0999. The fraction of sp³-hybridized carbons (Fsp3) is 0.0968. The number of nitrogens with zero attached hydrogens (tertiary/aromatic N) is 2. The smallest absolute Gasteiger partial charge is 0.0547 e. The molecule has 0 atom stereocenters. The molecule has 64 heavy (non-hydrogen) atoms. The molecule has 2 nitrogen and oxygen atoms in total. The Labute approximate surface area is 372 Å². The van der Waals surface area contributed by atoms with E-state index in [2.05, 4.69) is 231 Å². The second-order valence-corrected chi connectivity index (χ2v) is 19.3. The summed E-state index contributed by atoms with van der Waals surface area (Å²) in [5.41, 5.74) is 20.5. The van der Waals surface area contributed by atoms with E-state index in [-0.39, 0.29) is 10.8 Å². The van der Waals surface area contributed by atoms with Crippen molar-refractivity contribution in [1.29, 1.82) is 0 Å². The van der Waals surface area contributed by atoms with Gasteiger partial charge in [0, 0.05) is 43.7 Å². The van der Waals surface area contributed by atoms with E-state index in [1.54, 1.807) is 0 Å². The molecule has 2 aliphatic carbocycles. The molecule has 2 aromatic heterocycles. The molecule has 0 saturated heterocycles. The maximum atomic E-state index is 2.48. The summed E-state index contributed by atoms with van der Waals surface area (Å²) in [6.07, 6.45) is 0. The van der Waals surface area contributed by atoms with Gasteiger partial charge in [-0.2, -0.15) is 0 Å². The minimum atomic E-state index is -0.176. The van der Waals surface area contributed by atoms with Crippen molar-refractivity contribution in [1.82, 2.24) is 9.13 Å². The Morgan fingerprint density at radius 2 is 0.781 bits per heavy atom. The van der Waals surface area contributed by atoms with Crippen LogP contribution in [0.3, 0.4) is 0 Å². The Balaban J connectivity index is 0.959. The number of para-hydroxylation sites is 3. The van der Waals surface area contributed by atoms with Crippen LogP contribution in [0.2, 0.25) is 0 Å². The van der Waals surface area contributed by atoms with Crippen LogP contribution in [-0.4, -0.2) is 9.13 Å². The summed E-state index contributed by atoms with van der Waals surface area (Å²) in [6.45, 7) is 9.61. The fourth-order valence-electron chi connectivity index (χ4n) is 12.3. The quantitative estimate of drug-likeness (QED) is 0.168. The standard InChI is InChI=1S/C62H44N2/c1-61(2)53-21-13-11-19-43(53)45-27-23-40-34-52-51-32-38(26-30-56(51)64(42-17-9-6-10-18-42)58(52)36-47(40)59(45)61)37-25-29-54-49(31-37)46-28-24-39-33-50-44-20-12-14-22-55(44)63(41-15-7-5-8-16-41)57(50)35-48(39)60(46)62(54,3)4/h5-36H,1-4H3. The lowest BCUT2D eigenvalue weighted by molar-refractivity contribution is 0.666. The average Bonchev–Trinajstić information content (AvgIpc) is 3.98. The van der Waals surface area contributed by atoms with Crippen molar-refractivity contribution in [2.45, 2.75) is 38.5 Å². The van der Waals surface area contributed by atoms with E-state index in [4.69, 9.17) is 0 Å². The van der Waals surface area contributed by atoms with Crippen molar-refractivity contribution in [3.05, 3.63) is 216 Å². The molecule has 10 aromatic carbocycles. The Morgan fingerprint density at radius 1 is 0.297 bits per heavy atom. The van der Waals surface area contributed by atoms with Gasteiger partial charge < -0.3 is 9.13 Å². The fourth-order valence-corrected chi connectivity index (χ4v) is 12.3. The zero-order chi connectivity index (χ0) is 42.6. The molecule has 14 rings (SSSR count). The van der Waals surface area contributed by atoms with E-state index in [1.165, 1.54) is 132 Å². The van der Waals surface area contributed by atoms with Gasteiger partial charge >= 0.3 is 0 Å². The van der Waals surface area contributed by atoms with Crippen molar-refractivity contribution in [2.24, 2.45) is 0 Å². The van der Waals surface area contributed by atoms with Gasteiger partial charge in [-0.15, -0.1) is 0 Å². The first-order chi connectivity index (χ1) is 31.3. The second-order valence-electron chi connectivity index (χ2n) is 19.3. The van der Waals surface area contributed by atoms with Crippen LogP contribution >= 0.6 is 0 Å². The molecule has 0 saturated carbocycles. The molecule has 0 aliphatic heterocycles. The highest BCUT2D eigenvalue weighted by Crippen LogP contribution is 2.54. The third-order valence-corrected chi connectivity index (χ3v) is 15.2. The molecule has 0 amide bonds. The van der Waals surface area contributed by atoms with Gasteiger partial charge in [0.2, 0.25) is 0 Å². The molecule has 2 aliphatic rings. The van der Waals surface area contributed by atoms with Crippen molar-refractivity contribution >= 4 is 65.2 Å². The first-order valence-corrected chi connectivity index (χ1v) is 22.7. The lowest BCUT2D eigenvalue weighted by Crippen LogP contribution is -2.15. The summed E-state index contributed by atoms with van der Waals surface area (Å²) in [5, 5.41) is 10.4. The second kappa shape index (κ2) is 12.5. The predicted octanol–water partition coefficient (Wildman–Crippen LogP) is 16.5. The number of fused-ring (bicyclic) bond motifs is 16. The first kappa shape index (κ1) is 35.9. The van der Waals surface area contributed by atoms with Crippen LogP contribution < -0.4 is 0 Å². The Bertz CT molecular complexity index is 3990. The third-order valence-electron chi connectivity index (χ3n) is 15.2. The third kappa shape index (κ3) is 4.65. The highest BCUT2D eigenvalue weighted by Gasteiger charge is 2.38. The van der Waals surface area contributed by atoms with Gasteiger partial charge in [0.05, 0.1) is 22.1 Å². The van der Waals surface area contributed by atoms with Crippen LogP contribution in [0.25, 0.3) is 110 Å². The molecule has 0 bridgehead atoms. The van der Waals surface area contributed by atoms with Crippen LogP contribution in [0.1, 0.15) is 49.9 Å². The van der Waals surface area contributed by atoms with Gasteiger partial charge in [0.15, 0.2) is 0 Å². The van der Waals surface area contributed by atoms with Crippen LogP contribution in [0.4, 0.5) is 0 Å². The van der Waals surface area contributed by atoms with E-state index in [0.717, 1.165) is 0 Å². The van der Waals surface area contributed by atoms with E-state index >= 15 is 0 Å². The van der Waals surface area contributed by atoms with Crippen LogP contribution in [0.5, 0.6) is 0 Å². The maximum Gasteiger partial charge on any atom is 0.0547 e. The Hall–Kier alpha value is -7.68. The molecule has 2 heterocycles. The topological polar surface area (TPSA) is 9.86 Å². The summed E-state index contributed by atoms with van der Waals surface area (Å²) in [4.78, 5) is 0. The average molecular weight is 817 g/mol. The monoisotopic (exact) mass is 816 g/mol.